The SMILES string of the molecule is CCN1C(=O)C2(C(=O)N(CC)C1=S)c1cc(O)c(O)c(C)c1C1(C(=O)N(CC)C(=S)N(CC)C1=O)c1cc(O)c(O)c(C)c12. The van der Waals surface area contributed by atoms with Gasteiger partial charge in [-0.25, -0.2) is 0 Å². The lowest BCUT2D eigenvalue weighted by Crippen LogP contribution is -2.73. The first kappa shape index (κ1) is 31.1. The van der Waals surface area contributed by atoms with Gasteiger partial charge in [-0.3, -0.25) is 38.8 Å². The first-order valence-electron chi connectivity index (χ1n) is 14.2. The van der Waals surface area contributed by atoms with Crippen LogP contribution in [-0.4, -0.2) is 100 Å². The summed E-state index contributed by atoms with van der Waals surface area (Å²) in [5.41, 5.74) is -5.97. The maximum absolute atomic E-state index is 14.8. The van der Waals surface area contributed by atoms with Crippen LogP contribution in [0, 0.1) is 13.8 Å². The monoisotopic (exact) mass is 640 g/mol. The van der Waals surface area contributed by atoms with E-state index in [0.29, 0.717) is 0 Å². The Kier molecular flexibility index (Phi) is 7.17. The number of hydrogen-bond acceptors (Lipinski definition) is 10. The van der Waals surface area contributed by atoms with Gasteiger partial charge in [0.1, 0.15) is 0 Å². The van der Waals surface area contributed by atoms with Crippen molar-refractivity contribution < 1.29 is 39.6 Å². The summed E-state index contributed by atoms with van der Waals surface area (Å²) >= 11 is 11.1. The van der Waals surface area contributed by atoms with Gasteiger partial charge in [-0.05, 0) is 100 Å². The molecular weight excluding hydrogens is 608 g/mol. The van der Waals surface area contributed by atoms with Crippen molar-refractivity contribution in [2.75, 3.05) is 26.2 Å². The zero-order valence-corrected chi connectivity index (χ0v) is 26.6. The summed E-state index contributed by atoms with van der Waals surface area (Å²) < 4.78 is 0. The molecule has 44 heavy (non-hydrogen) atoms. The highest BCUT2D eigenvalue weighted by molar-refractivity contribution is 7.80. The number of phenols is 4. The third-order valence-electron chi connectivity index (χ3n) is 9.06. The summed E-state index contributed by atoms with van der Waals surface area (Å²) in [6, 6.07) is 2.02. The molecule has 2 aliphatic heterocycles. The third-order valence-corrected chi connectivity index (χ3v) is 9.94. The van der Waals surface area contributed by atoms with Gasteiger partial charge < -0.3 is 20.4 Å². The van der Waals surface area contributed by atoms with Crippen LogP contribution in [0.15, 0.2) is 12.1 Å². The molecule has 2 fully saturated rings. The normalized spacial score (nSPS) is 19.0. The van der Waals surface area contributed by atoms with Gasteiger partial charge in [0, 0.05) is 37.3 Å². The van der Waals surface area contributed by atoms with Crippen LogP contribution in [0.4, 0.5) is 0 Å². The van der Waals surface area contributed by atoms with E-state index in [1.54, 1.807) is 27.7 Å². The number of aromatic hydroxyl groups is 4. The van der Waals surface area contributed by atoms with Crippen LogP contribution in [0.25, 0.3) is 0 Å². The minimum Gasteiger partial charge on any atom is -0.504 e. The fourth-order valence-electron chi connectivity index (χ4n) is 7.04. The fourth-order valence-corrected chi connectivity index (χ4v) is 7.89. The van der Waals surface area contributed by atoms with E-state index < -0.39 is 57.5 Å². The molecule has 2 saturated heterocycles. The van der Waals surface area contributed by atoms with Gasteiger partial charge in [0.25, 0.3) is 23.6 Å². The molecule has 0 saturated carbocycles. The number of nitrogens with zero attached hydrogens (tertiary/aromatic N) is 4. The first-order chi connectivity index (χ1) is 20.7. The van der Waals surface area contributed by atoms with Crippen LogP contribution in [-0.2, 0) is 30.0 Å². The molecule has 14 heteroatoms. The van der Waals surface area contributed by atoms with Crippen LogP contribution in [0.1, 0.15) is 61.1 Å². The predicted octanol–water partition coefficient (Wildman–Crippen LogP) is 2.00. The molecule has 0 aromatic heterocycles. The Labute approximate surface area is 264 Å². The Morgan fingerprint density at radius 1 is 0.568 bits per heavy atom. The van der Waals surface area contributed by atoms with Gasteiger partial charge in [-0.1, -0.05) is 0 Å². The smallest absolute Gasteiger partial charge is 0.253 e. The number of hydrogen-bond donors (Lipinski definition) is 4. The van der Waals surface area contributed by atoms with E-state index >= 15 is 0 Å². The molecule has 2 aromatic rings. The van der Waals surface area contributed by atoms with Crippen molar-refractivity contribution in [1.29, 1.82) is 0 Å². The summed E-state index contributed by atoms with van der Waals surface area (Å²) in [4.78, 5) is 64.1. The zero-order chi connectivity index (χ0) is 32.8. The summed E-state index contributed by atoms with van der Waals surface area (Å²) in [6.07, 6.45) is 0. The van der Waals surface area contributed by atoms with E-state index in [0.717, 1.165) is 12.1 Å². The molecule has 4 amide bonds. The first-order valence-corrected chi connectivity index (χ1v) is 15.0. The van der Waals surface area contributed by atoms with Crippen molar-refractivity contribution in [3.63, 3.8) is 0 Å². The third kappa shape index (κ3) is 3.32. The van der Waals surface area contributed by atoms with Gasteiger partial charge in [-0.15, -0.1) is 0 Å². The number of carbonyl (C=O) groups is 4. The lowest BCUT2D eigenvalue weighted by atomic mass is 9.53. The minimum absolute atomic E-state index is 0.0323. The molecule has 1 aliphatic carbocycles. The molecular formula is C30H32N4O8S2. The molecule has 4 N–H and O–H groups in total. The number of thiocarbonyl (C=S) groups is 2. The average molecular weight is 641 g/mol. The number of likely N-dealkylation sites (N-methyl/N-ethyl adjacent to an activating group) is 4. The molecule has 2 spiro atoms. The Hall–Kier alpha value is -4.30. The van der Waals surface area contributed by atoms with E-state index in [2.05, 4.69) is 0 Å². The minimum atomic E-state index is -2.40. The van der Waals surface area contributed by atoms with Crippen molar-refractivity contribution in [2.45, 2.75) is 52.4 Å². The van der Waals surface area contributed by atoms with Crippen molar-refractivity contribution >= 4 is 58.3 Å². The van der Waals surface area contributed by atoms with E-state index in [1.807, 2.05) is 0 Å². The molecule has 12 nitrogen and oxygen atoms in total. The van der Waals surface area contributed by atoms with Crippen LogP contribution >= 0.6 is 24.4 Å². The van der Waals surface area contributed by atoms with Crippen LogP contribution in [0.5, 0.6) is 23.0 Å². The van der Waals surface area contributed by atoms with Gasteiger partial charge in [-0.2, -0.15) is 0 Å². The molecule has 2 aromatic carbocycles. The quantitative estimate of drug-likeness (QED) is 0.221. The molecule has 3 aliphatic rings. The van der Waals surface area contributed by atoms with Crippen molar-refractivity contribution in [1.82, 2.24) is 19.6 Å². The van der Waals surface area contributed by atoms with Gasteiger partial charge in [0.05, 0.1) is 0 Å². The Balaban J connectivity index is 2.14. The van der Waals surface area contributed by atoms with Crippen molar-refractivity contribution in [2.24, 2.45) is 0 Å². The van der Waals surface area contributed by atoms with Gasteiger partial charge in [0.2, 0.25) is 0 Å². The van der Waals surface area contributed by atoms with E-state index in [9.17, 15) is 39.6 Å². The molecule has 232 valence electrons. The van der Waals surface area contributed by atoms with Crippen LogP contribution in [0.3, 0.4) is 0 Å². The number of benzene rings is 2. The van der Waals surface area contributed by atoms with Crippen molar-refractivity contribution in [3.05, 3.63) is 45.5 Å². The molecule has 5 rings (SSSR count). The summed E-state index contributed by atoms with van der Waals surface area (Å²) in [5.74, 6) is -6.14. The standard InChI is InChI=1S/C30H32N4O8S2/c1-7-31-23(39)29(24(40)32(8-2)27(31)43)15-11-17(35)22(38)14(6)20(15)30(16-12-18(36)21(37)13(5)19(16)29)25(41)33(9-3)28(44)34(10-4)26(30)42/h11-12,35-38H,7-10H2,1-6H3. The molecule has 0 radical (unpaired) electrons. The molecule has 0 unspecified atom stereocenters. The van der Waals surface area contributed by atoms with Crippen LogP contribution < -0.4 is 0 Å². The Morgan fingerprint density at radius 2 is 0.818 bits per heavy atom. The number of phenolic OH excluding ortho intramolecular Hbond substituents is 4. The fraction of sp³-hybridized carbons (Fsp3) is 0.400. The lowest BCUT2D eigenvalue weighted by molar-refractivity contribution is -0.151. The van der Waals surface area contributed by atoms with E-state index in [-0.39, 0.29) is 69.8 Å². The lowest BCUT2D eigenvalue weighted by Gasteiger charge is -2.55. The maximum Gasteiger partial charge on any atom is 0.253 e. The highest BCUT2D eigenvalue weighted by atomic mass is 32.1. The second kappa shape index (κ2) is 10.1. The average Bonchev–Trinajstić information content (AvgIpc) is 2.98. The number of amides is 4. The Bertz CT molecular complexity index is 1560. The second-order valence-corrected chi connectivity index (χ2v) is 11.6. The Morgan fingerprint density at radius 3 is 1.05 bits per heavy atom. The topological polar surface area (TPSA) is 162 Å². The summed E-state index contributed by atoms with van der Waals surface area (Å²) in [5, 5.41) is 44.0. The number of rotatable bonds is 4. The molecule has 0 bridgehead atoms. The predicted molar refractivity (Wildman–Crippen MR) is 165 cm³/mol. The van der Waals surface area contributed by atoms with Gasteiger partial charge >= 0.3 is 0 Å². The maximum atomic E-state index is 14.8. The highest BCUT2D eigenvalue weighted by Gasteiger charge is 2.70. The van der Waals surface area contributed by atoms with E-state index in [4.69, 9.17) is 24.4 Å². The number of carbonyl (C=O) groups excluding carboxylic acids is 4. The summed E-state index contributed by atoms with van der Waals surface area (Å²) in [6.45, 7) is 9.47. The molecule has 2 heterocycles. The number of fused-ring (bicyclic) bond motifs is 6. The second-order valence-electron chi connectivity index (χ2n) is 10.8. The zero-order valence-electron chi connectivity index (χ0n) is 25.0. The van der Waals surface area contributed by atoms with E-state index in [1.165, 1.54) is 33.4 Å². The van der Waals surface area contributed by atoms with Crippen molar-refractivity contribution in [3.8, 4) is 23.0 Å². The van der Waals surface area contributed by atoms with Gasteiger partial charge in [0.15, 0.2) is 44.1 Å². The highest BCUT2D eigenvalue weighted by Crippen LogP contribution is 2.60. The summed E-state index contributed by atoms with van der Waals surface area (Å²) in [7, 11) is 0. The molecule has 0 atom stereocenters. The van der Waals surface area contributed by atoms with Crippen LogP contribution in [0.2, 0.25) is 0 Å². The largest absolute Gasteiger partial charge is 0.504 e.